The average molecular weight is 428 g/mol. The van der Waals surface area contributed by atoms with Gasteiger partial charge in [0.25, 0.3) is 0 Å². The van der Waals surface area contributed by atoms with E-state index in [1.165, 1.54) is 5.52 Å². The van der Waals surface area contributed by atoms with E-state index in [2.05, 4.69) is 28.9 Å². The number of nitrogens with one attached hydrogen (secondary N) is 1. The van der Waals surface area contributed by atoms with Gasteiger partial charge in [0.05, 0.1) is 13.0 Å². The monoisotopic (exact) mass is 427 g/mol. The molecule has 6 nitrogen and oxygen atoms in total. The summed E-state index contributed by atoms with van der Waals surface area (Å²) in [5.74, 6) is 0.000415. The molecule has 1 fully saturated rings. The van der Waals surface area contributed by atoms with E-state index in [0.29, 0.717) is 18.8 Å². The zero-order valence-electron chi connectivity index (χ0n) is 18.0. The number of rotatable bonds is 5. The molecule has 1 atom stereocenters. The molecule has 1 unspecified atom stereocenters. The highest BCUT2D eigenvalue weighted by atomic mass is 16.6. The van der Waals surface area contributed by atoms with E-state index in [1.54, 1.807) is 4.90 Å². The van der Waals surface area contributed by atoms with Crippen LogP contribution >= 0.6 is 0 Å². The van der Waals surface area contributed by atoms with Gasteiger partial charge >= 0.3 is 6.09 Å². The Morgan fingerprint density at radius 1 is 1.00 bits per heavy atom. The van der Waals surface area contributed by atoms with Crippen molar-refractivity contribution in [1.29, 1.82) is 0 Å². The standard InChI is InChI=1S/C26H25N3O3/c1-2-29-23-11-7-6-10-21(23)22-14-19(12-13-24(22)29)27-26(31)32-20-15-25(30)28(17-20)16-18-8-4-3-5-9-18/h3-14,20H,2,15-17H2,1H3,(H,27,31). The molecule has 0 saturated carbocycles. The quantitative estimate of drug-likeness (QED) is 0.478. The molecule has 0 bridgehead atoms. The molecule has 1 aliphatic heterocycles. The average Bonchev–Trinajstić information content (AvgIpc) is 3.30. The van der Waals surface area contributed by atoms with Crippen molar-refractivity contribution in [3.8, 4) is 0 Å². The highest BCUT2D eigenvalue weighted by molar-refractivity contribution is 6.09. The summed E-state index contributed by atoms with van der Waals surface area (Å²) < 4.78 is 7.82. The fourth-order valence-corrected chi connectivity index (χ4v) is 4.54. The Labute approximate surface area is 186 Å². The summed E-state index contributed by atoms with van der Waals surface area (Å²) >= 11 is 0. The van der Waals surface area contributed by atoms with Gasteiger partial charge in [-0.25, -0.2) is 4.79 Å². The zero-order valence-corrected chi connectivity index (χ0v) is 18.0. The molecule has 32 heavy (non-hydrogen) atoms. The lowest BCUT2D eigenvalue weighted by molar-refractivity contribution is -0.128. The van der Waals surface area contributed by atoms with Crippen molar-refractivity contribution < 1.29 is 14.3 Å². The number of carbonyl (C=O) groups excluding carboxylic acids is 2. The van der Waals surface area contributed by atoms with Crippen molar-refractivity contribution in [3.63, 3.8) is 0 Å². The van der Waals surface area contributed by atoms with Crippen LogP contribution in [0.1, 0.15) is 18.9 Å². The summed E-state index contributed by atoms with van der Waals surface area (Å²) in [6, 6.07) is 24.0. The minimum absolute atomic E-state index is 0.000415. The van der Waals surface area contributed by atoms with Gasteiger partial charge < -0.3 is 14.2 Å². The smallest absolute Gasteiger partial charge is 0.411 e. The lowest BCUT2D eigenvalue weighted by Crippen LogP contribution is -2.27. The van der Waals surface area contributed by atoms with Crippen LogP contribution in [0.25, 0.3) is 21.8 Å². The first-order chi connectivity index (χ1) is 15.6. The van der Waals surface area contributed by atoms with E-state index in [0.717, 1.165) is 28.4 Å². The summed E-state index contributed by atoms with van der Waals surface area (Å²) in [6.45, 7) is 3.93. The first-order valence-corrected chi connectivity index (χ1v) is 10.9. The number of aromatic nitrogens is 1. The van der Waals surface area contributed by atoms with Crippen LogP contribution < -0.4 is 5.32 Å². The van der Waals surface area contributed by atoms with Crippen LogP contribution in [0.4, 0.5) is 10.5 Å². The van der Waals surface area contributed by atoms with Gasteiger partial charge in [-0.1, -0.05) is 48.5 Å². The number of nitrogens with zero attached hydrogens (tertiary/aromatic N) is 2. The summed E-state index contributed by atoms with van der Waals surface area (Å²) in [7, 11) is 0. The van der Waals surface area contributed by atoms with Crippen LogP contribution in [0, 0.1) is 0 Å². The number of ether oxygens (including phenoxy) is 1. The fourth-order valence-electron chi connectivity index (χ4n) is 4.54. The van der Waals surface area contributed by atoms with E-state index in [-0.39, 0.29) is 12.3 Å². The van der Waals surface area contributed by atoms with Crippen molar-refractivity contribution in [2.75, 3.05) is 11.9 Å². The molecule has 3 aromatic carbocycles. The normalized spacial score (nSPS) is 16.1. The van der Waals surface area contributed by atoms with Crippen molar-refractivity contribution in [3.05, 3.63) is 78.4 Å². The van der Waals surface area contributed by atoms with Gasteiger partial charge in [0.1, 0.15) is 6.10 Å². The van der Waals surface area contributed by atoms with Crippen LogP contribution in [0.2, 0.25) is 0 Å². The molecule has 0 spiro atoms. The van der Waals surface area contributed by atoms with Gasteiger partial charge in [-0.3, -0.25) is 10.1 Å². The number of aryl methyl sites for hydroxylation is 1. The van der Waals surface area contributed by atoms with Crippen LogP contribution in [0.15, 0.2) is 72.8 Å². The van der Waals surface area contributed by atoms with E-state index >= 15 is 0 Å². The Hall–Kier alpha value is -3.80. The predicted molar refractivity (Wildman–Crippen MR) is 125 cm³/mol. The van der Waals surface area contributed by atoms with Gasteiger partial charge in [-0.2, -0.15) is 0 Å². The number of amides is 2. The molecule has 162 valence electrons. The third-order valence-corrected chi connectivity index (χ3v) is 6.00. The highest BCUT2D eigenvalue weighted by Gasteiger charge is 2.32. The maximum Gasteiger partial charge on any atom is 0.411 e. The van der Waals surface area contributed by atoms with Crippen LogP contribution in [0.5, 0.6) is 0 Å². The van der Waals surface area contributed by atoms with E-state index in [1.807, 2.05) is 60.7 Å². The summed E-state index contributed by atoms with van der Waals surface area (Å²) in [5.41, 5.74) is 4.04. The van der Waals surface area contributed by atoms with Crippen LogP contribution in [-0.2, 0) is 22.6 Å². The summed E-state index contributed by atoms with van der Waals surface area (Å²) in [6.07, 6.45) is -0.775. The fraction of sp³-hybridized carbons (Fsp3) is 0.231. The van der Waals surface area contributed by atoms with E-state index in [4.69, 9.17) is 4.74 Å². The largest absolute Gasteiger partial charge is 0.444 e. The van der Waals surface area contributed by atoms with Crippen molar-refractivity contribution >= 4 is 39.5 Å². The molecule has 6 heteroatoms. The van der Waals surface area contributed by atoms with Crippen LogP contribution in [-0.4, -0.2) is 34.1 Å². The van der Waals surface area contributed by atoms with Gasteiger partial charge in [0, 0.05) is 40.6 Å². The second-order valence-corrected chi connectivity index (χ2v) is 8.11. The highest BCUT2D eigenvalue weighted by Crippen LogP contribution is 2.31. The summed E-state index contributed by atoms with van der Waals surface area (Å²) in [5, 5.41) is 5.07. The van der Waals surface area contributed by atoms with Crippen molar-refractivity contribution in [2.24, 2.45) is 0 Å². The van der Waals surface area contributed by atoms with Gasteiger partial charge in [0.2, 0.25) is 5.91 Å². The third-order valence-electron chi connectivity index (χ3n) is 6.00. The number of hydrogen-bond donors (Lipinski definition) is 1. The Bertz CT molecular complexity index is 1300. The number of likely N-dealkylation sites (tertiary alicyclic amines) is 1. The van der Waals surface area contributed by atoms with E-state index in [9.17, 15) is 9.59 Å². The van der Waals surface area contributed by atoms with Gasteiger partial charge in [-0.15, -0.1) is 0 Å². The molecule has 5 rings (SSSR count). The maximum atomic E-state index is 12.5. The minimum Gasteiger partial charge on any atom is -0.444 e. The Balaban J connectivity index is 1.27. The second kappa shape index (κ2) is 8.38. The lowest BCUT2D eigenvalue weighted by Gasteiger charge is -2.17. The van der Waals surface area contributed by atoms with Gasteiger partial charge in [0.15, 0.2) is 0 Å². The first-order valence-electron chi connectivity index (χ1n) is 10.9. The molecule has 2 amide bonds. The lowest BCUT2D eigenvalue weighted by atomic mass is 10.1. The summed E-state index contributed by atoms with van der Waals surface area (Å²) in [4.78, 5) is 26.6. The molecule has 2 heterocycles. The van der Waals surface area contributed by atoms with Gasteiger partial charge in [-0.05, 0) is 36.8 Å². The zero-order chi connectivity index (χ0) is 22.1. The molecule has 0 radical (unpaired) electrons. The predicted octanol–water partition coefficient (Wildman–Crippen LogP) is 5.16. The van der Waals surface area contributed by atoms with E-state index < -0.39 is 12.2 Å². The molecular weight excluding hydrogens is 402 g/mol. The molecule has 0 aliphatic carbocycles. The number of benzene rings is 3. The topological polar surface area (TPSA) is 63.6 Å². The number of carbonyl (C=O) groups is 2. The molecule has 1 saturated heterocycles. The minimum atomic E-state index is -0.539. The molecule has 4 aromatic rings. The van der Waals surface area contributed by atoms with Crippen LogP contribution in [0.3, 0.4) is 0 Å². The number of fused-ring (bicyclic) bond motifs is 3. The molecular formula is C26H25N3O3. The maximum absolute atomic E-state index is 12.5. The van der Waals surface area contributed by atoms with Crippen molar-refractivity contribution in [2.45, 2.75) is 32.5 Å². The second-order valence-electron chi connectivity index (χ2n) is 8.11. The molecule has 1 aliphatic rings. The molecule has 1 aromatic heterocycles. The SMILES string of the molecule is CCn1c2ccccc2c2cc(NC(=O)OC3CC(=O)N(Cc4ccccc4)C3)ccc21. The first kappa shape index (κ1) is 20.1. The number of anilines is 1. The Kier molecular flexibility index (Phi) is 5.27. The Morgan fingerprint density at radius 2 is 1.75 bits per heavy atom. The molecule has 1 N–H and O–H groups in total. The number of para-hydroxylation sites is 1. The third kappa shape index (κ3) is 3.80. The van der Waals surface area contributed by atoms with Crippen molar-refractivity contribution in [1.82, 2.24) is 9.47 Å². The Morgan fingerprint density at radius 3 is 2.56 bits per heavy atom. The number of hydrogen-bond acceptors (Lipinski definition) is 3.